The highest BCUT2D eigenvalue weighted by Crippen LogP contribution is 2.13. The maximum atomic E-state index is 11.8. The second-order valence-electron chi connectivity index (χ2n) is 4.96. The van der Waals surface area contributed by atoms with Gasteiger partial charge in [-0.3, -0.25) is 4.79 Å². The lowest BCUT2D eigenvalue weighted by Gasteiger charge is -2.09. The summed E-state index contributed by atoms with van der Waals surface area (Å²) in [7, 11) is 1.62. The zero-order valence-electron chi connectivity index (χ0n) is 13.0. The Labute approximate surface area is 135 Å². The van der Waals surface area contributed by atoms with E-state index in [1.807, 2.05) is 42.5 Å². The van der Waals surface area contributed by atoms with Crippen molar-refractivity contribution in [3.05, 3.63) is 59.7 Å². The van der Waals surface area contributed by atoms with Gasteiger partial charge in [0.25, 0.3) is 0 Å². The Balaban J connectivity index is 1.73. The molecule has 0 aromatic heterocycles. The number of rotatable bonds is 7. The molecule has 0 aliphatic carbocycles. The highest BCUT2D eigenvalue weighted by molar-refractivity contribution is 5.76. The predicted molar refractivity (Wildman–Crippen MR) is 89.1 cm³/mol. The van der Waals surface area contributed by atoms with Crippen molar-refractivity contribution in [1.82, 2.24) is 5.32 Å². The van der Waals surface area contributed by atoms with E-state index >= 15 is 0 Å². The zero-order chi connectivity index (χ0) is 16.5. The first-order valence-electron chi connectivity index (χ1n) is 7.35. The second-order valence-corrected chi connectivity index (χ2v) is 4.96. The lowest BCUT2D eigenvalue weighted by molar-refractivity contribution is -0.121. The Morgan fingerprint density at radius 1 is 1.17 bits per heavy atom. The Morgan fingerprint density at radius 2 is 1.91 bits per heavy atom. The van der Waals surface area contributed by atoms with Gasteiger partial charge in [-0.2, -0.15) is 5.26 Å². The lowest BCUT2D eigenvalue weighted by Crippen LogP contribution is -2.24. The largest absolute Gasteiger partial charge is 0.497 e. The van der Waals surface area contributed by atoms with Gasteiger partial charge in [0.05, 0.1) is 18.4 Å². The molecule has 1 amide bonds. The number of carbonyl (C=O) groups excluding carboxylic acids is 1. The maximum Gasteiger partial charge on any atom is 0.222 e. The number of hydrogen-bond acceptors (Lipinski definition) is 4. The van der Waals surface area contributed by atoms with Crippen LogP contribution >= 0.6 is 0 Å². The van der Waals surface area contributed by atoms with Crippen LogP contribution in [0.5, 0.6) is 5.75 Å². The summed E-state index contributed by atoms with van der Waals surface area (Å²) in [4.78, 5) is 11.8. The van der Waals surface area contributed by atoms with Gasteiger partial charge in [-0.25, -0.2) is 0 Å². The minimum absolute atomic E-state index is 0.0391. The van der Waals surface area contributed by atoms with Crippen molar-refractivity contribution < 1.29 is 9.53 Å². The highest BCUT2D eigenvalue weighted by atomic mass is 16.5. The van der Waals surface area contributed by atoms with Crippen molar-refractivity contribution in [2.75, 3.05) is 19.0 Å². The molecule has 2 rings (SSSR count). The summed E-state index contributed by atoms with van der Waals surface area (Å²) in [6.07, 6.45) is 0.343. The number of nitriles is 1. The van der Waals surface area contributed by atoms with E-state index in [1.54, 1.807) is 13.2 Å². The number of benzene rings is 2. The van der Waals surface area contributed by atoms with Crippen LogP contribution < -0.4 is 15.4 Å². The van der Waals surface area contributed by atoms with Crippen LogP contribution in [-0.2, 0) is 11.3 Å². The average molecular weight is 309 g/mol. The number of amides is 1. The molecule has 2 aromatic carbocycles. The number of nitrogens with zero attached hydrogens (tertiary/aromatic N) is 1. The van der Waals surface area contributed by atoms with Gasteiger partial charge in [-0.05, 0) is 29.8 Å². The van der Waals surface area contributed by atoms with Gasteiger partial charge in [0, 0.05) is 19.5 Å². The zero-order valence-corrected chi connectivity index (χ0v) is 13.0. The van der Waals surface area contributed by atoms with Crippen molar-refractivity contribution >= 4 is 11.6 Å². The standard InChI is InChI=1S/C18H19N3O2/c1-23-16-8-6-14(7-9-16)13-21-18(22)10-11-20-17-5-3-2-4-15(17)12-19/h2-9,20H,10-11,13H2,1H3,(H,21,22). The first kappa shape index (κ1) is 16.4. The first-order chi connectivity index (χ1) is 11.2. The van der Waals surface area contributed by atoms with E-state index in [2.05, 4.69) is 16.7 Å². The number of carbonyl (C=O) groups is 1. The lowest BCUT2D eigenvalue weighted by atomic mass is 10.2. The molecule has 0 spiro atoms. The molecule has 0 saturated carbocycles. The molecule has 2 aromatic rings. The summed E-state index contributed by atoms with van der Waals surface area (Å²) in [5.74, 6) is 0.753. The average Bonchev–Trinajstić information content (AvgIpc) is 2.61. The van der Waals surface area contributed by atoms with Crippen LogP contribution in [0, 0.1) is 11.3 Å². The van der Waals surface area contributed by atoms with Crippen LogP contribution in [-0.4, -0.2) is 19.6 Å². The molecule has 5 nitrogen and oxygen atoms in total. The second kappa shape index (κ2) is 8.44. The van der Waals surface area contributed by atoms with Crippen molar-refractivity contribution in [2.45, 2.75) is 13.0 Å². The van der Waals surface area contributed by atoms with Gasteiger partial charge in [0.1, 0.15) is 11.8 Å². The van der Waals surface area contributed by atoms with Crippen LogP contribution in [0.2, 0.25) is 0 Å². The van der Waals surface area contributed by atoms with Crippen molar-refractivity contribution in [3.63, 3.8) is 0 Å². The molecular weight excluding hydrogens is 290 g/mol. The summed E-state index contributed by atoms with van der Waals surface area (Å²) in [5, 5.41) is 15.0. The normalized spacial score (nSPS) is 9.74. The molecule has 0 aliphatic heterocycles. The molecular formula is C18H19N3O2. The SMILES string of the molecule is COc1ccc(CNC(=O)CCNc2ccccc2C#N)cc1. The van der Waals surface area contributed by atoms with E-state index in [0.29, 0.717) is 25.1 Å². The van der Waals surface area contributed by atoms with E-state index < -0.39 is 0 Å². The molecule has 0 atom stereocenters. The van der Waals surface area contributed by atoms with Gasteiger partial charge in [-0.1, -0.05) is 24.3 Å². The van der Waals surface area contributed by atoms with E-state index in [9.17, 15) is 4.79 Å². The smallest absolute Gasteiger partial charge is 0.222 e. The third-order valence-corrected chi connectivity index (χ3v) is 3.36. The molecule has 0 bridgehead atoms. The van der Waals surface area contributed by atoms with E-state index in [0.717, 1.165) is 17.0 Å². The van der Waals surface area contributed by atoms with Crippen LogP contribution in [0.25, 0.3) is 0 Å². The first-order valence-corrected chi connectivity index (χ1v) is 7.35. The van der Waals surface area contributed by atoms with Gasteiger partial charge < -0.3 is 15.4 Å². The number of methoxy groups -OCH3 is 1. The molecule has 0 fully saturated rings. The number of nitrogens with one attached hydrogen (secondary N) is 2. The highest BCUT2D eigenvalue weighted by Gasteiger charge is 2.03. The number of anilines is 1. The molecule has 0 saturated heterocycles. The Kier molecular flexibility index (Phi) is 6.01. The van der Waals surface area contributed by atoms with Gasteiger partial charge >= 0.3 is 0 Å². The third-order valence-electron chi connectivity index (χ3n) is 3.36. The summed E-state index contributed by atoms with van der Waals surface area (Å²) in [6.45, 7) is 0.963. The maximum absolute atomic E-state index is 11.8. The molecule has 5 heteroatoms. The van der Waals surface area contributed by atoms with Crippen molar-refractivity contribution in [2.24, 2.45) is 0 Å². The fraction of sp³-hybridized carbons (Fsp3) is 0.222. The summed E-state index contributed by atoms with van der Waals surface area (Å²) < 4.78 is 5.09. The van der Waals surface area contributed by atoms with Gasteiger partial charge in [0.15, 0.2) is 0 Å². The van der Waals surface area contributed by atoms with Crippen LogP contribution in [0.1, 0.15) is 17.5 Å². The minimum atomic E-state index is -0.0391. The topological polar surface area (TPSA) is 74.2 Å². The molecule has 0 unspecified atom stereocenters. The van der Waals surface area contributed by atoms with Crippen LogP contribution in [0.15, 0.2) is 48.5 Å². The predicted octanol–water partition coefficient (Wildman–Crippen LogP) is 2.69. The molecule has 0 radical (unpaired) electrons. The molecule has 2 N–H and O–H groups in total. The Hall–Kier alpha value is -3.00. The molecule has 118 valence electrons. The number of para-hydroxylation sites is 1. The van der Waals surface area contributed by atoms with Crippen LogP contribution in [0.4, 0.5) is 5.69 Å². The fourth-order valence-corrected chi connectivity index (χ4v) is 2.08. The van der Waals surface area contributed by atoms with E-state index in [-0.39, 0.29) is 5.91 Å². The quantitative estimate of drug-likeness (QED) is 0.824. The minimum Gasteiger partial charge on any atom is -0.497 e. The number of ether oxygens (including phenoxy) is 1. The van der Waals surface area contributed by atoms with Crippen LogP contribution in [0.3, 0.4) is 0 Å². The Bertz CT molecular complexity index is 690. The Morgan fingerprint density at radius 3 is 2.61 bits per heavy atom. The van der Waals surface area contributed by atoms with Crippen molar-refractivity contribution in [3.8, 4) is 11.8 Å². The van der Waals surface area contributed by atoms with Gasteiger partial charge in [0.2, 0.25) is 5.91 Å². The fourth-order valence-electron chi connectivity index (χ4n) is 2.08. The van der Waals surface area contributed by atoms with Gasteiger partial charge in [-0.15, -0.1) is 0 Å². The summed E-state index contributed by atoms with van der Waals surface area (Å²) in [5.41, 5.74) is 2.34. The molecule has 23 heavy (non-hydrogen) atoms. The van der Waals surface area contributed by atoms with E-state index in [4.69, 9.17) is 10.00 Å². The summed E-state index contributed by atoms with van der Waals surface area (Å²) in [6, 6.07) is 16.9. The summed E-state index contributed by atoms with van der Waals surface area (Å²) >= 11 is 0. The third kappa shape index (κ3) is 5.04. The monoisotopic (exact) mass is 309 g/mol. The molecule has 0 aliphatic rings. The number of hydrogen-bond donors (Lipinski definition) is 2. The van der Waals surface area contributed by atoms with Crippen molar-refractivity contribution in [1.29, 1.82) is 5.26 Å². The molecule has 0 heterocycles. The van der Waals surface area contributed by atoms with E-state index in [1.165, 1.54) is 0 Å².